The van der Waals surface area contributed by atoms with Gasteiger partial charge in [0.2, 0.25) is 0 Å². The van der Waals surface area contributed by atoms with Gasteiger partial charge in [0.25, 0.3) is 0 Å². The minimum absolute atomic E-state index is 0.522. The zero-order valence-corrected chi connectivity index (χ0v) is 14.4. The molecular weight excluding hydrogens is 326 g/mol. The van der Waals surface area contributed by atoms with Crippen molar-refractivity contribution in [1.82, 2.24) is 0 Å². The molecule has 0 spiro atoms. The molecule has 0 atom stereocenters. The topological polar surface area (TPSA) is 21.3 Å². The second kappa shape index (κ2) is 7.51. The van der Waals surface area contributed by atoms with E-state index in [2.05, 4.69) is 72.3 Å². The molecule has 0 bridgehead atoms. The van der Waals surface area contributed by atoms with E-state index in [0.29, 0.717) is 12.5 Å². The fourth-order valence-electron chi connectivity index (χ4n) is 2.06. The average Bonchev–Trinajstić information content (AvgIpc) is 2.47. The first-order valence-corrected chi connectivity index (χ1v) is 8.08. The lowest BCUT2D eigenvalue weighted by molar-refractivity contribution is 0.330. The number of halogens is 1. The standard InChI is InChI=1S/C18H22BrNO/c1-13(2)15-5-4-14(3)18(12-15)21-11-10-20-17-8-6-16(19)7-9-17/h4-9,12-13,20H,10-11H2,1-3H3. The van der Waals surface area contributed by atoms with Gasteiger partial charge in [-0.1, -0.05) is 41.9 Å². The fourth-order valence-corrected chi connectivity index (χ4v) is 2.32. The molecule has 1 N–H and O–H groups in total. The highest BCUT2D eigenvalue weighted by molar-refractivity contribution is 9.10. The van der Waals surface area contributed by atoms with Gasteiger partial charge in [-0.25, -0.2) is 0 Å². The van der Waals surface area contributed by atoms with Crippen LogP contribution in [0.4, 0.5) is 5.69 Å². The van der Waals surface area contributed by atoms with Crippen LogP contribution in [-0.2, 0) is 0 Å². The van der Waals surface area contributed by atoms with Crippen molar-refractivity contribution < 1.29 is 4.74 Å². The van der Waals surface area contributed by atoms with E-state index < -0.39 is 0 Å². The lowest BCUT2D eigenvalue weighted by atomic mass is 10.0. The summed E-state index contributed by atoms with van der Waals surface area (Å²) in [7, 11) is 0. The molecule has 0 aliphatic carbocycles. The molecule has 0 saturated heterocycles. The van der Waals surface area contributed by atoms with E-state index in [1.165, 1.54) is 11.1 Å². The van der Waals surface area contributed by atoms with Gasteiger partial charge in [-0.15, -0.1) is 0 Å². The monoisotopic (exact) mass is 347 g/mol. The Labute approximate surface area is 135 Å². The highest BCUT2D eigenvalue weighted by Crippen LogP contribution is 2.24. The third-order valence-electron chi connectivity index (χ3n) is 3.41. The number of nitrogens with one attached hydrogen (secondary N) is 1. The Balaban J connectivity index is 1.85. The molecule has 21 heavy (non-hydrogen) atoms. The van der Waals surface area contributed by atoms with Gasteiger partial charge in [-0.3, -0.25) is 0 Å². The Morgan fingerprint density at radius 2 is 1.81 bits per heavy atom. The summed E-state index contributed by atoms with van der Waals surface area (Å²) < 4.78 is 6.99. The van der Waals surface area contributed by atoms with Gasteiger partial charge >= 0.3 is 0 Å². The highest BCUT2D eigenvalue weighted by Gasteiger charge is 2.04. The summed E-state index contributed by atoms with van der Waals surface area (Å²) in [6.07, 6.45) is 0. The minimum atomic E-state index is 0.522. The SMILES string of the molecule is Cc1ccc(C(C)C)cc1OCCNc1ccc(Br)cc1. The largest absolute Gasteiger partial charge is 0.491 e. The molecule has 0 amide bonds. The predicted octanol–water partition coefficient (Wildman–Crippen LogP) is 5.37. The van der Waals surface area contributed by atoms with Crippen LogP contribution >= 0.6 is 15.9 Å². The summed E-state index contributed by atoms with van der Waals surface area (Å²) in [4.78, 5) is 0. The summed E-state index contributed by atoms with van der Waals surface area (Å²) >= 11 is 3.43. The number of aryl methyl sites for hydroxylation is 1. The van der Waals surface area contributed by atoms with Crippen molar-refractivity contribution >= 4 is 21.6 Å². The maximum absolute atomic E-state index is 5.90. The molecule has 0 heterocycles. The van der Waals surface area contributed by atoms with Gasteiger partial charge in [0.1, 0.15) is 12.4 Å². The van der Waals surface area contributed by atoms with Crippen molar-refractivity contribution in [2.75, 3.05) is 18.5 Å². The van der Waals surface area contributed by atoms with Crippen molar-refractivity contribution in [2.45, 2.75) is 26.7 Å². The van der Waals surface area contributed by atoms with Crippen LogP contribution in [-0.4, -0.2) is 13.2 Å². The molecule has 2 aromatic carbocycles. The summed E-state index contributed by atoms with van der Waals surface area (Å²) in [5, 5.41) is 3.35. The molecule has 0 saturated carbocycles. The second-order valence-corrected chi connectivity index (χ2v) is 6.38. The van der Waals surface area contributed by atoms with Crippen LogP contribution in [0.15, 0.2) is 46.9 Å². The zero-order chi connectivity index (χ0) is 15.2. The van der Waals surface area contributed by atoms with Gasteiger partial charge in [0, 0.05) is 16.7 Å². The molecule has 3 heteroatoms. The Morgan fingerprint density at radius 3 is 2.48 bits per heavy atom. The van der Waals surface area contributed by atoms with Gasteiger partial charge in [0.15, 0.2) is 0 Å². The molecule has 2 nitrogen and oxygen atoms in total. The summed E-state index contributed by atoms with van der Waals surface area (Å²) in [6, 6.07) is 14.6. The number of benzene rings is 2. The van der Waals surface area contributed by atoms with Crippen LogP contribution in [0.2, 0.25) is 0 Å². The van der Waals surface area contributed by atoms with Gasteiger partial charge in [-0.2, -0.15) is 0 Å². The third kappa shape index (κ3) is 4.78. The first kappa shape index (κ1) is 15.9. The highest BCUT2D eigenvalue weighted by atomic mass is 79.9. The Morgan fingerprint density at radius 1 is 1.10 bits per heavy atom. The summed E-state index contributed by atoms with van der Waals surface area (Å²) in [5.41, 5.74) is 3.61. The second-order valence-electron chi connectivity index (χ2n) is 5.46. The number of hydrogen-bond acceptors (Lipinski definition) is 2. The van der Waals surface area contributed by atoms with Crippen molar-refractivity contribution in [3.63, 3.8) is 0 Å². The Kier molecular flexibility index (Phi) is 5.68. The van der Waals surface area contributed by atoms with Crippen molar-refractivity contribution in [3.8, 4) is 5.75 Å². The van der Waals surface area contributed by atoms with Crippen LogP contribution in [0.3, 0.4) is 0 Å². The molecule has 2 aromatic rings. The van der Waals surface area contributed by atoms with Crippen LogP contribution in [0.1, 0.15) is 30.9 Å². The lowest BCUT2D eigenvalue weighted by Crippen LogP contribution is -2.12. The molecule has 0 aromatic heterocycles. The predicted molar refractivity (Wildman–Crippen MR) is 93.4 cm³/mol. The van der Waals surface area contributed by atoms with Crippen LogP contribution in [0.5, 0.6) is 5.75 Å². The minimum Gasteiger partial charge on any atom is -0.491 e. The van der Waals surface area contributed by atoms with E-state index in [1.807, 2.05) is 12.1 Å². The van der Waals surface area contributed by atoms with E-state index in [4.69, 9.17) is 4.74 Å². The quantitative estimate of drug-likeness (QED) is 0.709. The van der Waals surface area contributed by atoms with E-state index in [9.17, 15) is 0 Å². The van der Waals surface area contributed by atoms with Gasteiger partial charge in [-0.05, 0) is 54.3 Å². The maximum atomic E-state index is 5.90. The van der Waals surface area contributed by atoms with Crippen molar-refractivity contribution in [3.05, 3.63) is 58.1 Å². The Hall–Kier alpha value is -1.48. The Bertz CT molecular complexity index is 578. The average molecular weight is 348 g/mol. The number of anilines is 1. The van der Waals surface area contributed by atoms with E-state index >= 15 is 0 Å². The molecule has 112 valence electrons. The van der Waals surface area contributed by atoms with Crippen LogP contribution in [0.25, 0.3) is 0 Å². The molecule has 2 rings (SSSR count). The number of rotatable bonds is 6. The third-order valence-corrected chi connectivity index (χ3v) is 3.94. The first-order valence-electron chi connectivity index (χ1n) is 7.29. The van der Waals surface area contributed by atoms with Crippen LogP contribution in [0, 0.1) is 6.92 Å². The molecule has 0 unspecified atom stereocenters. The fraction of sp³-hybridized carbons (Fsp3) is 0.333. The van der Waals surface area contributed by atoms with Crippen LogP contribution < -0.4 is 10.1 Å². The number of ether oxygens (including phenoxy) is 1. The maximum Gasteiger partial charge on any atom is 0.122 e. The summed E-state index contributed by atoms with van der Waals surface area (Å²) in [6.45, 7) is 7.92. The van der Waals surface area contributed by atoms with E-state index in [1.54, 1.807) is 0 Å². The van der Waals surface area contributed by atoms with Crippen molar-refractivity contribution in [2.24, 2.45) is 0 Å². The first-order chi connectivity index (χ1) is 10.1. The summed E-state index contributed by atoms with van der Waals surface area (Å²) in [5.74, 6) is 1.51. The van der Waals surface area contributed by atoms with E-state index in [0.717, 1.165) is 22.5 Å². The number of hydrogen-bond donors (Lipinski definition) is 1. The smallest absolute Gasteiger partial charge is 0.122 e. The molecule has 0 aliphatic rings. The molecular formula is C18H22BrNO. The van der Waals surface area contributed by atoms with Gasteiger partial charge < -0.3 is 10.1 Å². The van der Waals surface area contributed by atoms with Gasteiger partial charge in [0.05, 0.1) is 0 Å². The van der Waals surface area contributed by atoms with Crippen molar-refractivity contribution in [1.29, 1.82) is 0 Å². The molecule has 0 radical (unpaired) electrons. The molecule has 0 fully saturated rings. The van der Waals surface area contributed by atoms with E-state index in [-0.39, 0.29) is 0 Å². The normalized spacial score (nSPS) is 10.7. The molecule has 0 aliphatic heterocycles. The zero-order valence-electron chi connectivity index (χ0n) is 12.8. The lowest BCUT2D eigenvalue weighted by Gasteiger charge is -2.13.